The fraction of sp³-hybridized carbons (Fsp3) is 0.536. The first-order chi connectivity index (χ1) is 17.1. The number of halogens is 1. The monoisotopic (exact) mass is 498 g/mol. The second kappa shape index (κ2) is 12.9. The third kappa shape index (κ3) is 7.44. The second-order valence-electron chi connectivity index (χ2n) is 9.47. The lowest BCUT2D eigenvalue weighted by Crippen LogP contribution is -2.37. The standard InChI is InChI=1S/C28H35ClN2O4/c29-25-15-14-23(21-12-13-21)27-24(25)19-22(30-35-20-26(32)31-16-8-6-9-17-31)11-7-4-2-1-3-5-10-18-34-28(27)33/h1,3,7,11,14-15,21H,2,4-6,8-10,12-13,16-20H2/b3-1+,11-7+,30-22-. The van der Waals surface area contributed by atoms with Crippen LogP contribution in [0.3, 0.4) is 0 Å². The molecule has 0 atom stereocenters. The van der Waals surface area contributed by atoms with Gasteiger partial charge < -0.3 is 14.5 Å². The number of ether oxygens (including phenoxy) is 1. The van der Waals surface area contributed by atoms with E-state index in [1.807, 2.05) is 23.1 Å². The maximum atomic E-state index is 13.2. The molecular weight excluding hydrogens is 464 g/mol. The van der Waals surface area contributed by atoms with E-state index < -0.39 is 0 Å². The zero-order chi connectivity index (χ0) is 24.5. The number of benzene rings is 1. The summed E-state index contributed by atoms with van der Waals surface area (Å²) in [6, 6.07) is 3.82. The topological polar surface area (TPSA) is 68.2 Å². The van der Waals surface area contributed by atoms with Crippen LogP contribution >= 0.6 is 11.6 Å². The highest BCUT2D eigenvalue weighted by atomic mass is 35.5. The first-order valence-corrected chi connectivity index (χ1v) is 13.3. The highest BCUT2D eigenvalue weighted by Crippen LogP contribution is 2.44. The summed E-state index contributed by atoms with van der Waals surface area (Å²) in [5.41, 5.74) is 2.90. The van der Waals surface area contributed by atoms with E-state index in [4.69, 9.17) is 21.2 Å². The van der Waals surface area contributed by atoms with Crippen molar-refractivity contribution in [3.8, 4) is 0 Å². The predicted octanol–water partition coefficient (Wildman–Crippen LogP) is 5.99. The first-order valence-electron chi connectivity index (χ1n) is 12.9. The van der Waals surface area contributed by atoms with Crippen LogP contribution in [-0.2, 0) is 20.8 Å². The summed E-state index contributed by atoms with van der Waals surface area (Å²) in [7, 11) is 0. The molecule has 1 aromatic rings. The Morgan fingerprint density at radius 2 is 1.83 bits per heavy atom. The molecule has 1 saturated heterocycles. The van der Waals surface area contributed by atoms with E-state index in [1.165, 1.54) is 6.42 Å². The van der Waals surface area contributed by atoms with Gasteiger partial charge in [-0.25, -0.2) is 4.79 Å². The largest absolute Gasteiger partial charge is 0.462 e. The van der Waals surface area contributed by atoms with Crippen molar-refractivity contribution in [2.45, 2.75) is 70.1 Å². The third-order valence-electron chi connectivity index (χ3n) is 6.67. The van der Waals surface area contributed by atoms with Gasteiger partial charge in [0.05, 0.1) is 17.9 Å². The fourth-order valence-electron chi connectivity index (χ4n) is 4.58. The Hall–Kier alpha value is -2.60. The van der Waals surface area contributed by atoms with E-state index in [1.54, 1.807) is 0 Å². The molecule has 6 nitrogen and oxygen atoms in total. The number of likely N-dealkylation sites (tertiary alicyclic amines) is 1. The Labute approximate surface area is 213 Å². The van der Waals surface area contributed by atoms with Crippen LogP contribution in [-0.4, -0.2) is 48.8 Å². The number of nitrogens with zero attached hydrogens (tertiary/aromatic N) is 2. The first kappa shape index (κ1) is 25.5. The molecular formula is C28H35ClN2O4. The van der Waals surface area contributed by atoms with Gasteiger partial charge in [-0.05, 0) is 87.0 Å². The number of allylic oxidation sites excluding steroid dienone is 4. The van der Waals surface area contributed by atoms with Crippen LogP contribution in [0.1, 0.15) is 85.2 Å². The zero-order valence-corrected chi connectivity index (χ0v) is 21.1. The Balaban J connectivity index is 1.58. The molecule has 1 saturated carbocycles. The Kier molecular flexibility index (Phi) is 9.41. The Morgan fingerprint density at radius 1 is 1.06 bits per heavy atom. The van der Waals surface area contributed by atoms with Crippen molar-refractivity contribution in [2.75, 3.05) is 26.3 Å². The molecule has 1 aliphatic carbocycles. The fourth-order valence-corrected chi connectivity index (χ4v) is 4.81. The van der Waals surface area contributed by atoms with Gasteiger partial charge in [-0.2, -0.15) is 0 Å². The molecule has 35 heavy (non-hydrogen) atoms. The van der Waals surface area contributed by atoms with Crippen LogP contribution in [0.15, 0.2) is 41.6 Å². The van der Waals surface area contributed by atoms with Crippen molar-refractivity contribution < 1.29 is 19.2 Å². The molecule has 1 amide bonds. The summed E-state index contributed by atoms with van der Waals surface area (Å²) in [6.07, 6.45) is 17.4. The van der Waals surface area contributed by atoms with E-state index in [0.29, 0.717) is 40.8 Å². The van der Waals surface area contributed by atoms with Crippen LogP contribution in [0, 0.1) is 0 Å². The van der Waals surface area contributed by atoms with Crippen molar-refractivity contribution in [2.24, 2.45) is 5.16 Å². The molecule has 2 heterocycles. The SMILES string of the molecule is O=C1OCCC/C=C/CC/C=C/C(=N/OCC(=O)N2CCCCC2)Cc2c(Cl)ccc(C3CC3)c21. The number of cyclic esters (lactones) is 1. The summed E-state index contributed by atoms with van der Waals surface area (Å²) < 4.78 is 5.66. The van der Waals surface area contributed by atoms with Crippen molar-refractivity contribution >= 4 is 29.2 Å². The van der Waals surface area contributed by atoms with Gasteiger partial charge in [0, 0.05) is 24.5 Å². The minimum atomic E-state index is -0.326. The van der Waals surface area contributed by atoms with Gasteiger partial charge in [0.1, 0.15) is 0 Å². The Morgan fingerprint density at radius 3 is 2.63 bits per heavy atom. The van der Waals surface area contributed by atoms with Gasteiger partial charge in [0.2, 0.25) is 0 Å². The lowest BCUT2D eigenvalue weighted by molar-refractivity contribution is -0.137. The van der Waals surface area contributed by atoms with Gasteiger partial charge in [-0.15, -0.1) is 0 Å². The molecule has 0 unspecified atom stereocenters. The number of fused-ring (bicyclic) bond motifs is 1. The highest BCUT2D eigenvalue weighted by Gasteiger charge is 2.31. The molecule has 3 aliphatic rings. The molecule has 7 heteroatoms. The Bertz CT molecular complexity index is 991. The van der Waals surface area contributed by atoms with Crippen LogP contribution in [0.4, 0.5) is 0 Å². The lowest BCUT2D eigenvalue weighted by Gasteiger charge is -2.26. The van der Waals surface area contributed by atoms with Gasteiger partial charge in [-0.1, -0.05) is 41.1 Å². The quantitative estimate of drug-likeness (QED) is 0.290. The third-order valence-corrected chi connectivity index (χ3v) is 7.03. The zero-order valence-electron chi connectivity index (χ0n) is 20.3. The minimum absolute atomic E-state index is 0.0432. The van der Waals surface area contributed by atoms with Crippen molar-refractivity contribution in [1.29, 1.82) is 0 Å². The van der Waals surface area contributed by atoms with E-state index >= 15 is 0 Å². The number of hydrogen-bond donors (Lipinski definition) is 0. The molecule has 1 aromatic carbocycles. The molecule has 0 N–H and O–H groups in total. The molecule has 0 bridgehead atoms. The minimum Gasteiger partial charge on any atom is -0.462 e. The number of oxime groups is 1. The van der Waals surface area contributed by atoms with Crippen LogP contribution in [0.5, 0.6) is 0 Å². The van der Waals surface area contributed by atoms with E-state index in [-0.39, 0.29) is 18.5 Å². The summed E-state index contributed by atoms with van der Waals surface area (Å²) in [5, 5.41) is 4.83. The van der Waals surface area contributed by atoms with Crippen LogP contribution < -0.4 is 0 Å². The maximum Gasteiger partial charge on any atom is 0.338 e. The number of rotatable bonds is 4. The average molecular weight is 499 g/mol. The van der Waals surface area contributed by atoms with Crippen molar-refractivity contribution in [3.05, 3.63) is 58.1 Å². The number of carbonyl (C=O) groups is 2. The van der Waals surface area contributed by atoms with E-state index in [2.05, 4.69) is 23.4 Å². The molecule has 0 aromatic heterocycles. The van der Waals surface area contributed by atoms with E-state index in [0.717, 1.165) is 70.0 Å². The average Bonchev–Trinajstić information content (AvgIpc) is 3.71. The molecule has 4 rings (SSSR count). The molecule has 0 radical (unpaired) electrons. The van der Waals surface area contributed by atoms with Crippen molar-refractivity contribution in [3.63, 3.8) is 0 Å². The number of amides is 1. The highest BCUT2D eigenvalue weighted by molar-refractivity contribution is 6.32. The summed E-state index contributed by atoms with van der Waals surface area (Å²) in [4.78, 5) is 33.1. The number of hydrogen-bond acceptors (Lipinski definition) is 5. The van der Waals surface area contributed by atoms with Gasteiger partial charge >= 0.3 is 5.97 Å². The second-order valence-corrected chi connectivity index (χ2v) is 9.88. The molecule has 188 valence electrons. The number of carbonyl (C=O) groups excluding carboxylic acids is 2. The van der Waals surface area contributed by atoms with Gasteiger partial charge in [0.15, 0.2) is 6.61 Å². The number of esters is 1. The summed E-state index contributed by atoms with van der Waals surface area (Å²) in [6.45, 7) is 1.84. The normalized spacial score (nSPS) is 22.9. The van der Waals surface area contributed by atoms with Crippen LogP contribution in [0.2, 0.25) is 5.02 Å². The maximum absolute atomic E-state index is 13.2. The summed E-state index contributed by atoms with van der Waals surface area (Å²) in [5.74, 6) is -0.000886. The molecule has 2 fully saturated rings. The molecule has 2 aliphatic heterocycles. The molecule has 0 spiro atoms. The van der Waals surface area contributed by atoms with E-state index in [9.17, 15) is 9.59 Å². The number of piperidine rings is 1. The van der Waals surface area contributed by atoms with Gasteiger partial charge in [-0.3, -0.25) is 4.79 Å². The predicted molar refractivity (Wildman–Crippen MR) is 138 cm³/mol. The van der Waals surface area contributed by atoms with Gasteiger partial charge in [0.25, 0.3) is 5.91 Å². The van der Waals surface area contributed by atoms with Crippen molar-refractivity contribution in [1.82, 2.24) is 4.90 Å². The smallest absolute Gasteiger partial charge is 0.338 e. The lowest BCUT2D eigenvalue weighted by atomic mass is 9.94. The van der Waals surface area contributed by atoms with Crippen LogP contribution in [0.25, 0.3) is 0 Å². The summed E-state index contributed by atoms with van der Waals surface area (Å²) >= 11 is 6.63.